The van der Waals surface area contributed by atoms with E-state index in [2.05, 4.69) is 4.98 Å². The van der Waals surface area contributed by atoms with Gasteiger partial charge in [-0.15, -0.1) is 0 Å². The zero-order valence-electron chi connectivity index (χ0n) is 7.65. The predicted octanol–water partition coefficient (Wildman–Crippen LogP) is 4.56. The van der Waals surface area contributed by atoms with E-state index in [9.17, 15) is 13.2 Å². The molecule has 1 aromatic carbocycles. The average molecular weight is 266 g/mol. The van der Waals surface area contributed by atoms with E-state index in [1.54, 1.807) is 0 Å². The highest BCUT2D eigenvalue weighted by Gasteiger charge is 2.33. The van der Waals surface area contributed by atoms with Crippen LogP contribution < -0.4 is 0 Å². The highest BCUT2D eigenvalue weighted by atomic mass is 35.5. The Morgan fingerprint density at radius 2 is 1.81 bits per heavy atom. The SMILES string of the molecule is FC(F)(F)c1cccc2cc(Cl)c(Cl)nc12. The lowest BCUT2D eigenvalue weighted by atomic mass is 10.1. The largest absolute Gasteiger partial charge is 0.418 e. The second-order valence-electron chi connectivity index (χ2n) is 3.14. The summed E-state index contributed by atoms with van der Waals surface area (Å²) in [5.41, 5.74) is -1.01. The molecule has 0 unspecified atom stereocenters. The summed E-state index contributed by atoms with van der Waals surface area (Å²) in [5.74, 6) is 0. The van der Waals surface area contributed by atoms with E-state index in [0.717, 1.165) is 6.07 Å². The molecule has 1 aromatic heterocycles. The third kappa shape index (κ3) is 1.95. The van der Waals surface area contributed by atoms with Gasteiger partial charge >= 0.3 is 6.18 Å². The molecule has 0 atom stereocenters. The van der Waals surface area contributed by atoms with E-state index in [0.29, 0.717) is 5.39 Å². The minimum atomic E-state index is -4.45. The molecule has 2 rings (SSSR count). The lowest BCUT2D eigenvalue weighted by Crippen LogP contribution is -2.06. The smallest absolute Gasteiger partial charge is 0.234 e. The minimum absolute atomic E-state index is 0.133. The van der Waals surface area contributed by atoms with Crippen molar-refractivity contribution in [2.24, 2.45) is 0 Å². The fraction of sp³-hybridized carbons (Fsp3) is 0.100. The fourth-order valence-corrected chi connectivity index (χ4v) is 1.68. The maximum atomic E-state index is 12.6. The van der Waals surface area contributed by atoms with Crippen LogP contribution in [-0.4, -0.2) is 4.98 Å². The van der Waals surface area contributed by atoms with Gasteiger partial charge in [-0.25, -0.2) is 4.98 Å². The molecule has 0 aliphatic rings. The van der Waals surface area contributed by atoms with Crippen LogP contribution in [0.4, 0.5) is 13.2 Å². The molecule has 0 spiro atoms. The van der Waals surface area contributed by atoms with Crippen molar-refractivity contribution in [1.82, 2.24) is 4.98 Å². The zero-order valence-corrected chi connectivity index (χ0v) is 9.16. The first-order valence-corrected chi connectivity index (χ1v) is 4.97. The number of fused-ring (bicyclic) bond motifs is 1. The van der Waals surface area contributed by atoms with Gasteiger partial charge in [0, 0.05) is 5.39 Å². The molecule has 84 valence electrons. The number of pyridine rings is 1. The molecular formula is C10H4Cl2F3N. The Morgan fingerprint density at radius 3 is 2.44 bits per heavy atom. The normalized spacial score (nSPS) is 12.1. The van der Waals surface area contributed by atoms with Gasteiger partial charge < -0.3 is 0 Å². The molecule has 0 saturated carbocycles. The number of halogens is 5. The summed E-state index contributed by atoms with van der Waals surface area (Å²) in [6.45, 7) is 0. The van der Waals surface area contributed by atoms with Gasteiger partial charge in [0.15, 0.2) is 0 Å². The second kappa shape index (κ2) is 3.79. The topological polar surface area (TPSA) is 12.9 Å². The average Bonchev–Trinajstić information content (AvgIpc) is 2.17. The van der Waals surface area contributed by atoms with Gasteiger partial charge in [0.2, 0.25) is 0 Å². The number of para-hydroxylation sites is 1. The first kappa shape index (κ1) is 11.5. The molecule has 0 aliphatic heterocycles. The fourth-order valence-electron chi connectivity index (χ4n) is 1.38. The maximum Gasteiger partial charge on any atom is 0.418 e. The summed E-state index contributed by atoms with van der Waals surface area (Å²) < 4.78 is 37.9. The Morgan fingerprint density at radius 1 is 1.12 bits per heavy atom. The van der Waals surface area contributed by atoms with E-state index in [-0.39, 0.29) is 15.7 Å². The van der Waals surface area contributed by atoms with Crippen LogP contribution in [0.25, 0.3) is 10.9 Å². The van der Waals surface area contributed by atoms with Gasteiger partial charge in [-0.05, 0) is 12.1 Å². The van der Waals surface area contributed by atoms with Crippen LogP contribution in [0.2, 0.25) is 10.2 Å². The Hall–Kier alpha value is -1.00. The number of hydrogen-bond acceptors (Lipinski definition) is 1. The number of alkyl halides is 3. The predicted molar refractivity (Wildman–Crippen MR) is 56.8 cm³/mol. The Labute approximate surface area is 98.8 Å². The number of aromatic nitrogens is 1. The molecule has 0 fully saturated rings. The van der Waals surface area contributed by atoms with Crippen LogP contribution in [0, 0.1) is 0 Å². The number of hydrogen-bond donors (Lipinski definition) is 0. The van der Waals surface area contributed by atoms with Crippen molar-refractivity contribution in [3.05, 3.63) is 40.0 Å². The van der Waals surface area contributed by atoms with Crippen LogP contribution in [-0.2, 0) is 6.18 Å². The van der Waals surface area contributed by atoms with E-state index in [1.807, 2.05) is 0 Å². The number of nitrogens with zero attached hydrogens (tertiary/aromatic N) is 1. The molecule has 0 saturated heterocycles. The van der Waals surface area contributed by atoms with Gasteiger partial charge in [-0.2, -0.15) is 13.2 Å². The van der Waals surface area contributed by atoms with Gasteiger partial charge in [-0.1, -0.05) is 35.3 Å². The van der Waals surface area contributed by atoms with E-state index in [4.69, 9.17) is 23.2 Å². The zero-order chi connectivity index (χ0) is 11.9. The van der Waals surface area contributed by atoms with E-state index >= 15 is 0 Å². The maximum absolute atomic E-state index is 12.6. The van der Waals surface area contributed by atoms with Crippen LogP contribution >= 0.6 is 23.2 Å². The molecule has 1 heterocycles. The third-order valence-electron chi connectivity index (χ3n) is 2.06. The first-order valence-electron chi connectivity index (χ1n) is 4.21. The minimum Gasteiger partial charge on any atom is -0.234 e. The molecule has 6 heteroatoms. The summed E-state index contributed by atoms with van der Waals surface area (Å²) in [6, 6.07) is 5.12. The first-order chi connectivity index (χ1) is 7.39. The Balaban J connectivity index is 2.82. The van der Waals surface area contributed by atoms with Crippen molar-refractivity contribution in [2.45, 2.75) is 6.18 Å². The van der Waals surface area contributed by atoms with Gasteiger partial charge in [0.1, 0.15) is 5.15 Å². The molecule has 1 nitrogen and oxygen atoms in total. The molecule has 0 amide bonds. The number of benzene rings is 1. The second-order valence-corrected chi connectivity index (χ2v) is 3.90. The van der Waals surface area contributed by atoms with Crippen LogP contribution in [0.15, 0.2) is 24.3 Å². The lowest BCUT2D eigenvalue weighted by Gasteiger charge is -2.09. The Kier molecular flexibility index (Phi) is 2.72. The van der Waals surface area contributed by atoms with Crippen LogP contribution in [0.1, 0.15) is 5.56 Å². The lowest BCUT2D eigenvalue weighted by molar-refractivity contribution is -0.136. The monoisotopic (exact) mass is 265 g/mol. The quantitative estimate of drug-likeness (QED) is 0.637. The van der Waals surface area contributed by atoms with Gasteiger partial charge in [0.05, 0.1) is 16.1 Å². The summed E-state index contributed by atoms with van der Waals surface area (Å²) in [6.07, 6.45) is -4.45. The molecular weight excluding hydrogens is 262 g/mol. The summed E-state index contributed by atoms with van der Waals surface area (Å²) in [4.78, 5) is 3.66. The van der Waals surface area contributed by atoms with Crippen LogP contribution in [0.5, 0.6) is 0 Å². The molecule has 0 N–H and O–H groups in total. The third-order valence-corrected chi connectivity index (χ3v) is 2.73. The summed E-state index contributed by atoms with van der Waals surface area (Å²) in [7, 11) is 0. The molecule has 0 bridgehead atoms. The number of rotatable bonds is 0. The van der Waals surface area contributed by atoms with Crippen molar-refractivity contribution in [3.63, 3.8) is 0 Å². The van der Waals surface area contributed by atoms with E-state index < -0.39 is 11.7 Å². The standard InChI is InChI=1S/C10H4Cl2F3N/c11-7-4-5-2-1-3-6(10(13,14)15)8(5)16-9(7)12/h1-4H. The van der Waals surface area contributed by atoms with Crippen molar-refractivity contribution in [1.29, 1.82) is 0 Å². The highest BCUT2D eigenvalue weighted by molar-refractivity contribution is 6.41. The molecule has 2 aromatic rings. The van der Waals surface area contributed by atoms with Crippen molar-refractivity contribution < 1.29 is 13.2 Å². The Bertz CT molecular complexity index is 551. The van der Waals surface area contributed by atoms with Crippen LogP contribution in [0.3, 0.4) is 0 Å². The molecule has 16 heavy (non-hydrogen) atoms. The summed E-state index contributed by atoms with van der Waals surface area (Å²) >= 11 is 11.3. The van der Waals surface area contributed by atoms with Crippen molar-refractivity contribution in [2.75, 3.05) is 0 Å². The van der Waals surface area contributed by atoms with Crippen molar-refractivity contribution >= 4 is 34.1 Å². The highest BCUT2D eigenvalue weighted by Crippen LogP contribution is 2.35. The van der Waals surface area contributed by atoms with E-state index in [1.165, 1.54) is 18.2 Å². The summed E-state index contributed by atoms with van der Waals surface area (Å²) in [5, 5.41) is 0.309. The van der Waals surface area contributed by atoms with Gasteiger partial charge in [-0.3, -0.25) is 0 Å². The van der Waals surface area contributed by atoms with Gasteiger partial charge in [0.25, 0.3) is 0 Å². The molecule has 0 aliphatic carbocycles. The molecule has 0 radical (unpaired) electrons. The van der Waals surface area contributed by atoms with Crippen molar-refractivity contribution in [3.8, 4) is 0 Å².